The van der Waals surface area contributed by atoms with E-state index in [1.807, 2.05) is 104 Å². The van der Waals surface area contributed by atoms with E-state index in [9.17, 15) is 15.3 Å². The molecular weight excluding hydrogens is 659 g/mol. The van der Waals surface area contributed by atoms with Gasteiger partial charge < -0.3 is 24.0 Å². The molecule has 0 radical (unpaired) electrons. The predicted octanol–water partition coefficient (Wildman–Crippen LogP) is 7.08. The third-order valence-corrected chi connectivity index (χ3v) is 10.2. The molecule has 0 aromatic heterocycles. The van der Waals surface area contributed by atoms with Crippen LogP contribution in [0.15, 0.2) is 109 Å². The van der Waals surface area contributed by atoms with Gasteiger partial charge in [0.2, 0.25) is 0 Å². The third kappa shape index (κ3) is 9.94. The lowest BCUT2D eigenvalue weighted by atomic mass is 9.64. The van der Waals surface area contributed by atoms with Gasteiger partial charge >= 0.3 is 0 Å². The maximum atomic E-state index is 13.1. The standard InChI is InChI=1S/C41H53N4O5P/c1-30(2)45(31(3)4)39(26-27-42)43-51(47)50-38(29-44(5)28-32-14-10-8-11-15-32)40(46)41(33-16-12-9-13-17-33,34-18-22-36(48-6)23-19-34)35-20-24-37(49-7)25-21-35/h8-25,30-31,38-40,43,46-47H,26,28-29H2,1-7H3. The molecule has 10 heteroatoms. The highest BCUT2D eigenvalue weighted by Crippen LogP contribution is 2.46. The van der Waals surface area contributed by atoms with Crippen molar-refractivity contribution in [2.75, 3.05) is 27.8 Å². The topological polar surface area (TPSA) is 110 Å². The number of nitriles is 1. The number of rotatable bonds is 19. The average molecular weight is 713 g/mol. The molecule has 0 aliphatic rings. The molecule has 0 heterocycles. The summed E-state index contributed by atoms with van der Waals surface area (Å²) in [4.78, 5) is 16.0. The lowest BCUT2D eigenvalue weighted by Crippen LogP contribution is -2.53. The van der Waals surface area contributed by atoms with Crippen LogP contribution in [0.5, 0.6) is 11.5 Å². The number of likely N-dealkylation sites (N-methyl/N-ethyl adjacent to an activating group) is 1. The van der Waals surface area contributed by atoms with Crippen LogP contribution in [0.1, 0.15) is 56.4 Å². The molecule has 272 valence electrons. The molecule has 0 saturated heterocycles. The number of methoxy groups -OCH3 is 2. The summed E-state index contributed by atoms with van der Waals surface area (Å²) in [5, 5.41) is 26.1. The van der Waals surface area contributed by atoms with E-state index < -0.39 is 32.3 Å². The van der Waals surface area contributed by atoms with Gasteiger partial charge in [0.25, 0.3) is 8.53 Å². The van der Waals surface area contributed by atoms with Crippen molar-refractivity contribution in [1.29, 1.82) is 5.26 Å². The first-order chi connectivity index (χ1) is 24.5. The molecule has 51 heavy (non-hydrogen) atoms. The zero-order valence-corrected chi connectivity index (χ0v) is 31.7. The molecule has 3 N–H and O–H groups in total. The maximum absolute atomic E-state index is 13.1. The van der Waals surface area contributed by atoms with Gasteiger partial charge in [0.1, 0.15) is 17.6 Å². The zero-order valence-electron chi connectivity index (χ0n) is 30.8. The van der Waals surface area contributed by atoms with E-state index in [4.69, 9.17) is 14.0 Å². The summed E-state index contributed by atoms with van der Waals surface area (Å²) in [5.74, 6) is 1.37. The summed E-state index contributed by atoms with van der Waals surface area (Å²) < 4.78 is 17.7. The van der Waals surface area contributed by atoms with E-state index in [0.717, 1.165) is 22.3 Å². The number of aliphatic hydroxyl groups is 1. The average Bonchev–Trinajstić information content (AvgIpc) is 3.12. The van der Waals surface area contributed by atoms with Crippen LogP contribution in [0, 0.1) is 11.3 Å². The van der Waals surface area contributed by atoms with E-state index in [2.05, 4.69) is 60.8 Å². The van der Waals surface area contributed by atoms with Crippen LogP contribution in [-0.2, 0) is 16.5 Å². The van der Waals surface area contributed by atoms with E-state index in [1.54, 1.807) is 14.2 Å². The Morgan fingerprint density at radius 1 is 0.765 bits per heavy atom. The number of hydrogen-bond acceptors (Lipinski definition) is 9. The van der Waals surface area contributed by atoms with Crippen molar-refractivity contribution in [1.82, 2.24) is 14.9 Å². The van der Waals surface area contributed by atoms with Crippen LogP contribution in [0.4, 0.5) is 0 Å². The molecule has 0 aliphatic carbocycles. The Morgan fingerprint density at radius 3 is 1.69 bits per heavy atom. The Kier molecular flexibility index (Phi) is 15.0. The van der Waals surface area contributed by atoms with E-state index in [-0.39, 0.29) is 25.0 Å². The van der Waals surface area contributed by atoms with Crippen LogP contribution in [0.3, 0.4) is 0 Å². The Balaban J connectivity index is 1.87. The van der Waals surface area contributed by atoms with Gasteiger partial charge in [-0.2, -0.15) is 5.26 Å². The first-order valence-corrected chi connectivity index (χ1v) is 18.6. The number of ether oxygens (including phenoxy) is 2. The van der Waals surface area contributed by atoms with Crippen molar-refractivity contribution >= 4 is 8.53 Å². The highest BCUT2D eigenvalue weighted by molar-refractivity contribution is 7.43. The van der Waals surface area contributed by atoms with Crippen molar-refractivity contribution in [3.8, 4) is 17.6 Å². The molecule has 0 saturated carbocycles. The minimum atomic E-state index is -2.31. The smallest absolute Gasteiger partial charge is 0.254 e. The monoisotopic (exact) mass is 712 g/mol. The summed E-state index contributed by atoms with van der Waals surface area (Å²) in [6.07, 6.45) is -2.46. The van der Waals surface area contributed by atoms with Crippen molar-refractivity contribution in [2.24, 2.45) is 0 Å². The predicted molar refractivity (Wildman–Crippen MR) is 204 cm³/mol. The van der Waals surface area contributed by atoms with Crippen LogP contribution in [0.2, 0.25) is 0 Å². The van der Waals surface area contributed by atoms with E-state index >= 15 is 0 Å². The van der Waals surface area contributed by atoms with Crippen LogP contribution >= 0.6 is 8.53 Å². The number of nitrogens with one attached hydrogen (secondary N) is 1. The SMILES string of the molecule is COc1ccc(C(c2ccccc2)(c2ccc(OC)cc2)C(O)C(CN(C)Cc2ccccc2)OP(O)NC(CC#N)N(C(C)C)C(C)C)cc1. The van der Waals surface area contributed by atoms with E-state index in [0.29, 0.717) is 18.0 Å². The molecule has 9 nitrogen and oxygen atoms in total. The fourth-order valence-electron chi connectivity index (χ4n) is 7.06. The van der Waals surface area contributed by atoms with Gasteiger partial charge in [0, 0.05) is 25.2 Å². The Morgan fingerprint density at radius 2 is 1.24 bits per heavy atom. The molecule has 0 spiro atoms. The second-order valence-electron chi connectivity index (χ2n) is 13.3. The maximum Gasteiger partial charge on any atom is 0.254 e. The van der Waals surface area contributed by atoms with Gasteiger partial charge in [-0.25, -0.2) is 5.09 Å². The molecule has 0 aliphatic heterocycles. The molecule has 0 amide bonds. The van der Waals surface area contributed by atoms with Gasteiger partial charge in [-0.15, -0.1) is 0 Å². The largest absolute Gasteiger partial charge is 0.497 e. The molecule has 4 unspecified atom stereocenters. The highest BCUT2D eigenvalue weighted by atomic mass is 31.2. The highest BCUT2D eigenvalue weighted by Gasteiger charge is 2.48. The van der Waals surface area contributed by atoms with Crippen molar-refractivity contribution < 1.29 is 24.0 Å². The minimum Gasteiger partial charge on any atom is -0.497 e. The summed E-state index contributed by atoms with van der Waals surface area (Å²) in [6.45, 7) is 9.13. The summed E-state index contributed by atoms with van der Waals surface area (Å²) in [5.41, 5.74) is 2.42. The van der Waals surface area contributed by atoms with Crippen LogP contribution in [0.25, 0.3) is 0 Å². The van der Waals surface area contributed by atoms with Crippen molar-refractivity contribution in [3.63, 3.8) is 0 Å². The van der Waals surface area contributed by atoms with E-state index in [1.165, 1.54) is 0 Å². The van der Waals surface area contributed by atoms with Crippen LogP contribution < -0.4 is 14.6 Å². The molecule has 4 aromatic rings. The molecule has 4 rings (SSSR count). The fraction of sp³-hybridized carbons (Fsp3) is 0.390. The normalized spacial score (nSPS) is 14.4. The third-order valence-electron chi connectivity index (χ3n) is 9.23. The van der Waals surface area contributed by atoms with Gasteiger partial charge in [-0.05, 0) is 81.3 Å². The lowest BCUT2D eigenvalue weighted by Gasteiger charge is -2.44. The fourth-order valence-corrected chi connectivity index (χ4v) is 8.04. The Labute approximate surface area is 305 Å². The first kappa shape index (κ1) is 39.9. The molecule has 0 fully saturated rings. The lowest BCUT2D eigenvalue weighted by molar-refractivity contribution is -0.0124. The van der Waals surface area contributed by atoms with Crippen molar-refractivity contribution in [2.45, 2.75) is 76.5 Å². The molecule has 0 bridgehead atoms. The summed E-state index contributed by atoms with van der Waals surface area (Å²) in [7, 11) is 2.91. The second kappa shape index (κ2) is 19.1. The van der Waals surface area contributed by atoms with Crippen LogP contribution in [-0.4, -0.2) is 78.1 Å². The Bertz CT molecular complexity index is 1580. The minimum absolute atomic E-state index is 0.105. The Hall–Kier alpha value is -3.84. The van der Waals surface area contributed by atoms with Crippen molar-refractivity contribution in [3.05, 3.63) is 131 Å². The van der Waals surface area contributed by atoms with Gasteiger partial charge in [0.15, 0.2) is 0 Å². The summed E-state index contributed by atoms with van der Waals surface area (Å²) >= 11 is 0. The van der Waals surface area contributed by atoms with Gasteiger partial charge in [-0.1, -0.05) is 84.9 Å². The first-order valence-electron chi connectivity index (χ1n) is 17.4. The molecule has 4 aromatic carbocycles. The number of aliphatic hydroxyl groups excluding tert-OH is 1. The quantitative estimate of drug-likeness (QED) is 0.0534. The zero-order chi connectivity index (χ0) is 37.0. The second-order valence-corrected chi connectivity index (χ2v) is 14.3. The van der Waals surface area contributed by atoms with Gasteiger partial charge in [0.05, 0.1) is 44.4 Å². The van der Waals surface area contributed by atoms with Gasteiger partial charge in [-0.3, -0.25) is 9.80 Å². The number of hydrogen-bond donors (Lipinski definition) is 3. The molecule has 4 atom stereocenters. The molecular formula is C41H53N4O5P. The summed E-state index contributed by atoms with van der Waals surface area (Å²) in [6, 6.07) is 37.9. The number of benzene rings is 4. The number of nitrogens with zero attached hydrogens (tertiary/aromatic N) is 3.